The number of halogens is 3. The Morgan fingerprint density at radius 3 is 2.48 bits per heavy atom. The molecule has 2 N–H and O–H groups in total. The van der Waals surface area contributed by atoms with Crippen LogP contribution >= 0.6 is 12.2 Å². The summed E-state index contributed by atoms with van der Waals surface area (Å²) < 4.78 is 63.7. The van der Waals surface area contributed by atoms with E-state index in [1.54, 1.807) is 6.92 Å². The molecule has 1 aromatic rings. The second kappa shape index (κ2) is 6.71. The van der Waals surface area contributed by atoms with Gasteiger partial charge in [0.05, 0.1) is 15.4 Å². The largest absolute Gasteiger partial charge is 0.416 e. The molecule has 0 spiro atoms. The second-order valence-electron chi connectivity index (χ2n) is 4.24. The van der Waals surface area contributed by atoms with E-state index in [1.165, 1.54) is 0 Å². The van der Waals surface area contributed by atoms with Gasteiger partial charge >= 0.3 is 6.18 Å². The van der Waals surface area contributed by atoms with E-state index >= 15 is 0 Å². The average Bonchev–Trinajstić information content (AvgIpc) is 2.38. The van der Waals surface area contributed by atoms with Gasteiger partial charge < -0.3 is 5.73 Å². The second-order valence-corrected chi connectivity index (χ2v) is 6.70. The summed E-state index contributed by atoms with van der Waals surface area (Å²) in [7, 11) is -4.01. The molecule has 0 unspecified atom stereocenters. The molecule has 4 nitrogen and oxygen atoms in total. The van der Waals surface area contributed by atoms with Crippen LogP contribution in [0.15, 0.2) is 29.2 Å². The van der Waals surface area contributed by atoms with Gasteiger partial charge in [-0.1, -0.05) is 25.2 Å². The minimum Gasteiger partial charge on any atom is -0.393 e. The minimum absolute atomic E-state index is 0.0322. The molecule has 0 aliphatic rings. The van der Waals surface area contributed by atoms with Crippen LogP contribution in [0.25, 0.3) is 0 Å². The molecule has 0 atom stereocenters. The maximum atomic E-state index is 12.7. The molecule has 0 aromatic heterocycles. The lowest BCUT2D eigenvalue weighted by Crippen LogP contribution is -2.33. The Morgan fingerprint density at radius 2 is 2.00 bits per heavy atom. The molecule has 118 valence electrons. The van der Waals surface area contributed by atoms with Crippen LogP contribution in [0.1, 0.15) is 18.9 Å². The van der Waals surface area contributed by atoms with E-state index in [2.05, 4.69) is 12.2 Å². The van der Waals surface area contributed by atoms with Crippen molar-refractivity contribution >= 4 is 27.2 Å². The molecule has 0 aliphatic heterocycles. The lowest BCUT2D eigenvalue weighted by atomic mass is 10.2. The Kier molecular flexibility index (Phi) is 5.71. The van der Waals surface area contributed by atoms with Gasteiger partial charge in [-0.05, 0) is 18.2 Å². The molecule has 0 heterocycles. The molecule has 1 rings (SSSR count). The smallest absolute Gasteiger partial charge is 0.393 e. The number of nitrogens with two attached hydrogens (primary N) is 1. The van der Waals surface area contributed by atoms with Crippen molar-refractivity contribution in [3.63, 3.8) is 0 Å². The van der Waals surface area contributed by atoms with Crippen molar-refractivity contribution in [3.8, 4) is 0 Å². The molecule has 0 aliphatic carbocycles. The Bertz CT molecular complexity index is 615. The average molecular weight is 340 g/mol. The van der Waals surface area contributed by atoms with Crippen molar-refractivity contribution in [2.45, 2.75) is 24.4 Å². The molecule has 0 saturated heterocycles. The van der Waals surface area contributed by atoms with Crippen molar-refractivity contribution in [3.05, 3.63) is 29.8 Å². The molecule has 0 radical (unpaired) electrons. The zero-order valence-corrected chi connectivity index (χ0v) is 12.9. The molecule has 1 aromatic carbocycles. The van der Waals surface area contributed by atoms with Gasteiger partial charge in [-0.2, -0.15) is 17.5 Å². The maximum absolute atomic E-state index is 12.7. The van der Waals surface area contributed by atoms with E-state index in [-0.39, 0.29) is 24.5 Å². The Morgan fingerprint density at radius 1 is 1.38 bits per heavy atom. The fourth-order valence-corrected chi connectivity index (χ4v) is 3.25. The normalized spacial score (nSPS) is 12.6. The number of rotatable bonds is 6. The van der Waals surface area contributed by atoms with Crippen LogP contribution in [-0.4, -0.2) is 30.8 Å². The summed E-state index contributed by atoms with van der Waals surface area (Å²) in [6.07, 6.45) is -4.43. The van der Waals surface area contributed by atoms with E-state index in [1.807, 2.05) is 0 Å². The van der Waals surface area contributed by atoms with Crippen LogP contribution in [0.5, 0.6) is 0 Å². The van der Waals surface area contributed by atoms with Crippen molar-refractivity contribution in [1.82, 2.24) is 4.31 Å². The number of benzene rings is 1. The summed E-state index contributed by atoms with van der Waals surface area (Å²) in [5.74, 6) is 0. The third-order valence-electron chi connectivity index (χ3n) is 2.76. The van der Waals surface area contributed by atoms with Gasteiger partial charge in [-0.15, -0.1) is 0 Å². The molecule has 0 fully saturated rings. The fourth-order valence-electron chi connectivity index (χ4n) is 1.67. The van der Waals surface area contributed by atoms with Crippen molar-refractivity contribution in [2.24, 2.45) is 5.73 Å². The number of sulfonamides is 1. The number of hydrogen-bond donors (Lipinski definition) is 1. The van der Waals surface area contributed by atoms with Crippen LogP contribution < -0.4 is 5.73 Å². The van der Waals surface area contributed by atoms with Gasteiger partial charge in [0.1, 0.15) is 0 Å². The maximum Gasteiger partial charge on any atom is 0.416 e. The van der Waals surface area contributed by atoms with Gasteiger partial charge in [0, 0.05) is 19.5 Å². The molecular formula is C12H15F3N2O2S2. The van der Waals surface area contributed by atoms with E-state index in [4.69, 9.17) is 5.73 Å². The summed E-state index contributed by atoms with van der Waals surface area (Å²) in [5, 5.41) is 0. The van der Waals surface area contributed by atoms with Gasteiger partial charge in [0.15, 0.2) is 0 Å². The lowest BCUT2D eigenvalue weighted by Gasteiger charge is -2.20. The number of nitrogens with zero attached hydrogens (tertiary/aromatic N) is 1. The van der Waals surface area contributed by atoms with Crippen LogP contribution in [0.4, 0.5) is 13.2 Å². The van der Waals surface area contributed by atoms with E-state index in [0.717, 1.165) is 22.5 Å². The van der Waals surface area contributed by atoms with Crippen LogP contribution in [0.3, 0.4) is 0 Å². The number of thiocarbonyl (C=S) groups is 1. The summed E-state index contributed by atoms with van der Waals surface area (Å²) >= 11 is 4.68. The van der Waals surface area contributed by atoms with E-state index in [9.17, 15) is 21.6 Å². The lowest BCUT2D eigenvalue weighted by molar-refractivity contribution is -0.137. The highest BCUT2D eigenvalue weighted by Gasteiger charge is 2.32. The van der Waals surface area contributed by atoms with Crippen LogP contribution in [0.2, 0.25) is 0 Å². The van der Waals surface area contributed by atoms with Crippen molar-refractivity contribution in [1.29, 1.82) is 0 Å². The van der Waals surface area contributed by atoms with Gasteiger partial charge in [0.2, 0.25) is 10.0 Å². The molecule has 0 amide bonds. The highest BCUT2D eigenvalue weighted by atomic mass is 32.2. The SMILES string of the molecule is CCN(CCC(N)=S)S(=O)(=O)c1cccc(C(F)(F)F)c1. The van der Waals surface area contributed by atoms with Gasteiger partial charge in [0.25, 0.3) is 0 Å². The molecular weight excluding hydrogens is 325 g/mol. The van der Waals surface area contributed by atoms with Crippen LogP contribution in [0, 0.1) is 0 Å². The Hall–Kier alpha value is -1.19. The number of alkyl halides is 3. The third-order valence-corrected chi connectivity index (χ3v) is 4.93. The zero-order valence-electron chi connectivity index (χ0n) is 11.2. The highest BCUT2D eigenvalue weighted by molar-refractivity contribution is 7.89. The summed E-state index contributed by atoms with van der Waals surface area (Å²) in [6, 6.07) is 3.65. The molecule has 21 heavy (non-hydrogen) atoms. The molecule has 0 bridgehead atoms. The first-order chi connectivity index (χ1) is 9.59. The van der Waals surface area contributed by atoms with Crippen molar-refractivity contribution < 1.29 is 21.6 Å². The summed E-state index contributed by atoms with van der Waals surface area (Å²) in [6.45, 7) is 1.73. The number of hydrogen-bond acceptors (Lipinski definition) is 3. The first-order valence-electron chi connectivity index (χ1n) is 6.04. The van der Waals surface area contributed by atoms with E-state index < -0.39 is 26.7 Å². The predicted octanol–water partition coefficient (Wildman–Crippen LogP) is 2.39. The first-order valence-corrected chi connectivity index (χ1v) is 7.89. The quantitative estimate of drug-likeness (QED) is 0.808. The molecule has 9 heteroatoms. The monoisotopic (exact) mass is 340 g/mol. The van der Waals surface area contributed by atoms with Crippen molar-refractivity contribution in [2.75, 3.05) is 13.1 Å². The fraction of sp³-hybridized carbons (Fsp3) is 0.417. The minimum atomic E-state index is -4.60. The summed E-state index contributed by atoms with van der Waals surface area (Å²) in [5.41, 5.74) is 4.31. The highest BCUT2D eigenvalue weighted by Crippen LogP contribution is 2.31. The molecule has 0 saturated carbocycles. The van der Waals surface area contributed by atoms with Crippen LogP contribution in [-0.2, 0) is 16.2 Å². The topological polar surface area (TPSA) is 63.4 Å². The predicted molar refractivity (Wildman–Crippen MR) is 77.3 cm³/mol. The van der Waals surface area contributed by atoms with Gasteiger partial charge in [-0.3, -0.25) is 0 Å². The zero-order chi connectivity index (χ0) is 16.3. The van der Waals surface area contributed by atoms with E-state index in [0.29, 0.717) is 6.07 Å². The first kappa shape index (κ1) is 17.9. The standard InChI is InChI=1S/C12H15F3N2O2S2/c1-2-17(7-6-11(16)20)21(18,19)10-5-3-4-9(8-10)12(13,14)15/h3-5,8H,2,6-7H2,1H3,(H2,16,20). The summed E-state index contributed by atoms with van der Waals surface area (Å²) in [4.78, 5) is -0.255. The Labute approximate surface area is 126 Å². The van der Waals surface area contributed by atoms with Gasteiger partial charge in [-0.25, -0.2) is 8.42 Å². The Balaban J connectivity index is 3.14. The third kappa shape index (κ3) is 4.65.